The van der Waals surface area contributed by atoms with Crippen molar-refractivity contribution in [3.63, 3.8) is 0 Å². The highest BCUT2D eigenvalue weighted by atomic mass is 32.2. The Bertz CT molecular complexity index is 771. The molecule has 2 rings (SSSR count). The third-order valence-electron chi connectivity index (χ3n) is 2.89. The van der Waals surface area contributed by atoms with Gasteiger partial charge in [0.1, 0.15) is 4.90 Å². The average Bonchev–Trinajstić information content (AvgIpc) is 2.86. The third kappa shape index (κ3) is 3.29. The van der Waals surface area contributed by atoms with Crippen LogP contribution in [-0.4, -0.2) is 25.7 Å². The summed E-state index contributed by atoms with van der Waals surface area (Å²) in [6, 6.07) is 6.33. The molecule has 0 saturated heterocycles. The third-order valence-corrected chi connectivity index (χ3v) is 5.57. The topological polar surface area (TPSA) is 80.5 Å². The second-order valence-corrected chi connectivity index (χ2v) is 7.17. The number of sulfonamides is 1. The fourth-order valence-corrected chi connectivity index (χ4v) is 4.03. The van der Waals surface area contributed by atoms with Gasteiger partial charge in [0.2, 0.25) is 15.9 Å². The van der Waals surface area contributed by atoms with Gasteiger partial charge >= 0.3 is 0 Å². The molecule has 0 aliphatic carbocycles. The number of halogens is 1. The van der Waals surface area contributed by atoms with Crippen LogP contribution in [0.15, 0.2) is 39.9 Å². The van der Waals surface area contributed by atoms with E-state index in [0.29, 0.717) is 11.1 Å². The molecule has 21 heavy (non-hydrogen) atoms. The summed E-state index contributed by atoms with van der Waals surface area (Å²) in [6.45, 7) is 0.0126. The average molecular weight is 328 g/mol. The lowest BCUT2D eigenvalue weighted by atomic mass is 10.1. The van der Waals surface area contributed by atoms with Gasteiger partial charge in [-0.2, -0.15) is 4.31 Å². The fourth-order valence-electron chi connectivity index (χ4n) is 1.79. The van der Waals surface area contributed by atoms with E-state index >= 15 is 0 Å². The SMILES string of the molecule is CN(Cc1cccc(C(N)=O)c1)S(=O)(=O)c1cscc1F. The lowest BCUT2D eigenvalue weighted by Gasteiger charge is -2.16. The van der Waals surface area contributed by atoms with Crippen LogP contribution in [0.5, 0.6) is 0 Å². The second-order valence-electron chi connectivity index (χ2n) is 4.41. The minimum atomic E-state index is -3.91. The number of thiophene rings is 1. The molecule has 112 valence electrons. The number of benzene rings is 1. The lowest BCUT2D eigenvalue weighted by Crippen LogP contribution is -2.27. The zero-order valence-corrected chi connectivity index (χ0v) is 12.7. The highest BCUT2D eigenvalue weighted by Gasteiger charge is 2.25. The molecular formula is C13H13FN2O3S2. The lowest BCUT2D eigenvalue weighted by molar-refractivity contribution is 0.1000. The summed E-state index contributed by atoms with van der Waals surface area (Å²) in [5.74, 6) is -1.36. The Morgan fingerprint density at radius 2 is 2.10 bits per heavy atom. The van der Waals surface area contributed by atoms with Crippen LogP contribution >= 0.6 is 11.3 Å². The Balaban J connectivity index is 2.26. The Hall–Kier alpha value is -1.77. The Morgan fingerprint density at radius 1 is 1.38 bits per heavy atom. The van der Waals surface area contributed by atoms with Gasteiger partial charge in [0.25, 0.3) is 0 Å². The molecule has 0 aliphatic rings. The minimum Gasteiger partial charge on any atom is -0.366 e. The van der Waals surface area contributed by atoms with E-state index in [9.17, 15) is 17.6 Å². The molecule has 1 heterocycles. The van der Waals surface area contributed by atoms with Crippen molar-refractivity contribution in [2.24, 2.45) is 5.73 Å². The van der Waals surface area contributed by atoms with Gasteiger partial charge in [-0.25, -0.2) is 12.8 Å². The van der Waals surface area contributed by atoms with Gasteiger partial charge in [0.15, 0.2) is 5.82 Å². The number of primary amides is 1. The first kappa shape index (κ1) is 15.6. The van der Waals surface area contributed by atoms with Gasteiger partial charge in [0.05, 0.1) is 0 Å². The molecule has 1 aromatic heterocycles. The molecule has 0 bridgehead atoms. The zero-order valence-electron chi connectivity index (χ0n) is 11.1. The Labute approximate surface area is 125 Å². The number of carbonyl (C=O) groups is 1. The van der Waals surface area contributed by atoms with Crippen LogP contribution in [0.25, 0.3) is 0 Å². The van der Waals surface area contributed by atoms with Gasteiger partial charge in [-0.3, -0.25) is 4.79 Å². The highest BCUT2D eigenvalue weighted by molar-refractivity contribution is 7.89. The quantitative estimate of drug-likeness (QED) is 0.909. The molecule has 2 aromatic rings. The molecule has 0 radical (unpaired) electrons. The first-order chi connectivity index (χ1) is 9.82. The number of nitrogens with two attached hydrogens (primary N) is 1. The summed E-state index contributed by atoms with van der Waals surface area (Å²) in [5.41, 5.74) is 6.06. The second kappa shape index (κ2) is 5.92. The van der Waals surface area contributed by atoms with E-state index in [0.717, 1.165) is 21.0 Å². The van der Waals surface area contributed by atoms with Crippen LogP contribution < -0.4 is 5.73 Å². The van der Waals surface area contributed by atoms with Gasteiger partial charge in [-0.1, -0.05) is 12.1 Å². The van der Waals surface area contributed by atoms with Crippen molar-refractivity contribution in [1.82, 2.24) is 4.31 Å². The normalized spacial score (nSPS) is 11.8. The van der Waals surface area contributed by atoms with E-state index in [1.807, 2.05) is 0 Å². The molecule has 1 amide bonds. The molecule has 8 heteroatoms. The van der Waals surface area contributed by atoms with Crippen LogP contribution in [0, 0.1) is 5.82 Å². The summed E-state index contributed by atoms with van der Waals surface area (Å²) in [6.07, 6.45) is 0. The number of hydrogen-bond donors (Lipinski definition) is 1. The minimum absolute atomic E-state index is 0.0126. The number of rotatable bonds is 5. The number of hydrogen-bond acceptors (Lipinski definition) is 4. The number of carbonyl (C=O) groups excluding carboxylic acids is 1. The fraction of sp³-hybridized carbons (Fsp3) is 0.154. The summed E-state index contributed by atoms with van der Waals surface area (Å²) in [4.78, 5) is 10.8. The molecule has 5 nitrogen and oxygen atoms in total. The molecule has 0 unspecified atom stereocenters. The van der Waals surface area contributed by atoms with Crippen LogP contribution in [0.1, 0.15) is 15.9 Å². The zero-order chi connectivity index (χ0) is 15.6. The van der Waals surface area contributed by atoms with Crippen molar-refractivity contribution in [3.8, 4) is 0 Å². The van der Waals surface area contributed by atoms with Crippen LogP contribution in [-0.2, 0) is 16.6 Å². The highest BCUT2D eigenvalue weighted by Crippen LogP contribution is 2.23. The Morgan fingerprint density at radius 3 is 2.67 bits per heavy atom. The first-order valence-electron chi connectivity index (χ1n) is 5.89. The van der Waals surface area contributed by atoms with Crippen molar-refractivity contribution >= 4 is 27.3 Å². The van der Waals surface area contributed by atoms with Crippen LogP contribution in [0.4, 0.5) is 4.39 Å². The van der Waals surface area contributed by atoms with Crippen molar-refractivity contribution in [2.45, 2.75) is 11.4 Å². The summed E-state index contributed by atoms with van der Waals surface area (Å²) < 4.78 is 39.0. The molecule has 0 atom stereocenters. The summed E-state index contributed by atoms with van der Waals surface area (Å²) in [7, 11) is -2.55. The van der Waals surface area contributed by atoms with Gasteiger partial charge < -0.3 is 5.73 Å². The van der Waals surface area contributed by atoms with Gasteiger partial charge in [-0.05, 0) is 17.7 Å². The van der Waals surface area contributed by atoms with E-state index in [-0.39, 0.29) is 11.4 Å². The number of nitrogens with zero attached hydrogens (tertiary/aromatic N) is 1. The molecule has 0 saturated carbocycles. The van der Waals surface area contributed by atoms with E-state index in [4.69, 9.17) is 5.73 Å². The van der Waals surface area contributed by atoms with Gasteiger partial charge in [-0.15, -0.1) is 11.3 Å². The smallest absolute Gasteiger partial charge is 0.248 e. The monoisotopic (exact) mass is 328 g/mol. The number of amides is 1. The van der Waals surface area contributed by atoms with Crippen molar-refractivity contribution in [2.75, 3.05) is 7.05 Å². The van der Waals surface area contributed by atoms with Crippen molar-refractivity contribution in [1.29, 1.82) is 0 Å². The maximum Gasteiger partial charge on any atom is 0.248 e. The molecule has 0 spiro atoms. The molecular weight excluding hydrogens is 315 g/mol. The maximum atomic E-state index is 13.5. The Kier molecular flexibility index (Phi) is 4.40. The molecule has 2 N–H and O–H groups in total. The first-order valence-corrected chi connectivity index (χ1v) is 8.27. The van der Waals surface area contributed by atoms with E-state index in [1.54, 1.807) is 18.2 Å². The summed E-state index contributed by atoms with van der Waals surface area (Å²) >= 11 is 0.981. The predicted octanol–water partition coefficient (Wildman–Crippen LogP) is 1.81. The largest absolute Gasteiger partial charge is 0.366 e. The molecule has 0 aliphatic heterocycles. The maximum absolute atomic E-state index is 13.5. The molecule has 1 aromatic carbocycles. The van der Waals surface area contributed by atoms with E-state index in [2.05, 4.69) is 0 Å². The van der Waals surface area contributed by atoms with Gasteiger partial charge in [0, 0.05) is 29.9 Å². The van der Waals surface area contributed by atoms with Crippen molar-refractivity contribution < 1.29 is 17.6 Å². The standard InChI is InChI=1S/C13H13FN2O3S2/c1-16(21(18,19)12-8-20-7-11(12)14)6-9-3-2-4-10(5-9)13(15)17/h2-5,7-8H,6H2,1H3,(H2,15,17). The summed E-state index contributed by atoms with van der Waals surface area (Å²) in [5, 5.41) is 2.38. The van der Waals surface area contributed by atoms with E-state index < -0.39 is 21.7 Å². The molecule has 0 fully saturated rings. The van der Waals surface area contributed by atoms with Crippen LogP contribution in [0.3, 0.4) is 0 Å². The van der Waals surface area contributed by atoms with Crippen molar-refractivity contribution in [3.05, 3.63) is 52.0 Å². The predicted molar refractivity (Wildman–Crippen MR) is 77.9 cm³/mol. The van der Waals surface area contributed by atoms with Crippen LogP contribution in [0.2, 0.25) is 0 Å². The van der Waals surface area contributed by atoms with E-state index in [1.165, 1.54) is 18.5 Å².